The predicted octanol–water partition coefficient (Wildman–Crippen LogP) is 3.78. The Hall–Kier alpha value is -3.64. The molecule has 180 valence electrons. The van der Waals surface area contributed by atoms with Crippen LogP contribution in [0.2, 0.25) is 5.02 Å². The molecule has 3 N–H and O–H groups in total. The highest BCUT2D eigenvalue weighted by Gasteiger charge is 2.18. The van der Waals surface area contributed by atoms with E-state index in [0.717, 1.165) is 6.26 Å². The third kappa shape index (κ3) is 5.46. The molecule has 0 spiro atoms. The van der Waals surface area contributed by atoms with Crippen molar-refractivity contribution < 1.29 is 27.4 Å². The van der Waals surface area contributed by atoms with E-state index in [2.05, 4.69) is 25.3 Å². The Kier molecular flexibility index (Phi) is 6.70. The summed E-state index contributed by atoms with van der Waals surface area (Å²) in [5.74, 6) is 2.59. The number of aromatic nitrogens is 2. The van der Waals surface area contributed by atoms with Crippen LogP contribution >= 0.6 is 11.6 Å². The monoisotopic (exact) mass is 507 g/mol. The molecule has 3 aromatic rings. The summed E-state index contributed by atoms with van der Waals surface area (Å²) in [4.78, 5) is 8.65. The first-order chi connectivity index (χ1) is 16.3. The van der Waals surface area contributed by atoms with Crippen molar-refractivity contribution in [2.24, 2.45) is 0 Å². The molecule has 0 atom stereocenters. The Labute approximate surface area is 201 Å². The van der Waals surface area contributed by atoms with Gasteiger partial charge in [0.2, 0.25) is 16.0 Å². The van der Waals surface area contributed by atoms with E-state index in [1.54, 1.807) is 24.3 Å². The van der Waals surface area contributed by atoms with E-state index in [1.165, 1.54) is 26.5 Å². The van der Waals surface area contributed by atoms with Gasteiger partial charge in [-0.05, 0) is 12.1 Å². The van der Waals surface area contributed by atoms with Gasteiger partial charge in [-0.3, -0.25) is 4.72 Å². The van der Waals surface area contributed by atoms with Gasteiger partial charge in [0.1, 0.15) is 29.7 Å². The van der Waals surface area contributed by atoms with Crippen molar-refractivity contribution in [3.05, 3.63) is 41.6 Å². The Morgan fingerprint density at radius 2 is 1.71 bits per heavy atom. The number of ether oxygens (including phenoxy) is 4. The lowest BCUT2D eigenvalue weighted by molar-refractivity contribution is 0.171. The molecule has 0 unspecified atom stereocenters. The first-order valence-electron chi connectivity index (χ1n) is 9.96. The van der Waals surface area contributed by atoms with E-state index in [0.29, 0.717) is 47.6 Å². The van der Waals surface area contributed by atoms with Crippen molar-refractivity contribution >= 4 is 50.5 Å². The van der Waals surface area contributed by atoms with E-state index < -0.39 is 10.0 Å². The number of halogens is 1. The molecule has 0 fully saturated rings. The van der Waals surface area contributed by atoms with E-state index >= 15 is 0 Å². The average Bonchev–Trinajstić information content (AvgIpc) is 2.80. The maximum absolute atomic E-state index is 11.8. The second kappa shape index (κ2) is 9.69. The summed E-state index contributed by atoms with van der Waals surface area (Å²) >= 11 is 6.31. The van der Waals surface area contributed by atoms with Crippen LogP contribution in [0.3, 0.4) is 0 Å². The fourth-order valence-corrected chi connectivity index (χ4v) is 3.85. The number of fused-ring (bicyclic) bond motifs is 1. The van der Waals surface area contributed by atoms with Crippen molar-refractivity contribution in [2.45, 2.75) is 0 Å². The van der Waals surface area contributed by atoms with Gasteiger partial charge < -0.3 is 29.6 Å². The Morgan fingerprint density at radius 1 is 0.971 bits per heavy atom. The molecular weight excluding hydrogens is 486 g/mol. The summed E-state index contributed by atoms with van der Waals surface area (Å²) in [5, 5.41) is 6.35. The zero-order chi connectivity index (χ0) is 24.3. The van der Waals surface area contributed by atoms with Crippen molar-refractivity contribution in [1.82, 2.24) is 9.97 Å². The van der Waals surface area contributed by atoms with E-state index in [9.17, 15) is 8.42 Å². The van der Waals surface area contributed by atoms with E-state index in [1.807, 2.05) is 0 Å². The predicted molar refractivity (Wildman–Crippen MR) is 129 cm³/mol. The number of nitrogens with zero attached hydrogens (tertiary/aromatic N) is 2. The fraction of sp³-hybridized carbons (Fsp3) is 0.238. The summed E-state index contributed by atoms with van der Waals surface area (Å²) in [7, 11) is -0.533. The van der Waals surface area contributed by atoms with Gasteiger partial charge in [-0.1, -0.05) is 11.6 Å². The van der Waals surface area contributed by atoms with Crippen LogP contribution in [-0.4, -0.2) is 52.1 Å². The lowest BCUT2D eigenvalue weighted by atomic mass is 10.2. The molecule has 0 radical (unpaired) electrons. The van der Waals surface area contributed by atoms with Crippen molar-refractivity contribution in [3.63, 3.8) is 0 Å². The molecule has 4 rings (SSSR count). The number of hydrogen-bond donors (Lipinski definition) is 3. The number of methoxy groups -OCH3 is 2. The van der Waals surface area contributed by atoms with Gasteiger partial charge in [0.05, 0.1) is 43.7 Å². The highest BCUT2D eigenvalue weighted by atomic mass is 35.5. The normalized spacial score (nSPS) is 12.6. The Bertz CT molecular complexity index is 1320. The van der Waals surface area contributed by atoms with Crippen molar-refractivity contribution in [1.29, 1.82) is 0 Å². The smallest absolute Gasteiger partial charge is 0.229 e. The van der Waals surface area contributed by atoms with Crippen LogP contribution in [0, 0.1) is 0 Å². The van der Waals surface area contributed by atoms with Crippen molar-refractivity contribution in [2.75, 3.05) is 49.0 Å². The first kappa shape index (κ1) is 23.5. The number of sulfonamides is 1. The minimum Gasteiger partial charge on any atom is -0.497 e. The molecule has 1 aliphatic rings. The molecule has 2 aromatic carbocycles. The highest BCUT2D eigenvalue weighted by Crippen LogP contribution is 2.40. The maximum Gasteiger partial charge on any atom is 0.229 e. The molecule has 0 bridgehead atoms. The summed E-state index contributed by atoms with van der Waals surface area (Å²) in [6.45, 7) is 0.899. The summed E-state index contributed by atoms with van der Waals surface area (Å²) in [5.41, 5.74) is 1.23. The molecule has 34 heavy (non-hydrogen) atoms. The largest absolute Gasteiger partial charge is 0.497 e. The summed E-state index contributed by atoms with van der Waals surface area (Å²) < 4.78 is 47.9. The van der Waals surface area contributed by atoms with Crippen LogP contribution in [0.25, 0.3) is 0 Å². The molecule has 1 aliphatic heterocycles. The third-order valence-corrected chi connectivity index (χ3v) is 5.50. The number of anilines is 5. The second-order valence-electron chi connectivity index (χ2n) is 7.12. The van der Waals surface area contributed by atoms with Crippen LogP contribution in [0.1, 0.15) is 0 Å². The van der Waals surface area contributed by atoms with Gasteiger partial charge in [-0.25, -0.2) is 13.4 Å². The molecule has 2 heterocycles. The quantitative estimate of drug-likeness (QED) is 0.413. The van der Waals surface area contributed by atoms with Crippen LogP contribution in [0.5, 0.6) is 23.0 Å². The number of hydrogen-bond acceptors (Lipinski definition) is 10. The minimum absolute atomic E-state index is 0.216. The minimum atomic E-state index is -3.55. The molecule has 0 aliphatic carbocycles. The lowest BCUT2D eigenvalue weighted by Gasteiger charge is -2.21. The lowest BCUT2D eigenvalue weighted by Crippen LogP contribution is -2.15. The molecule has 11 nitrogen and oxygen atoms in total. The van der Waals surface area contributed by atoms with Gasteiger partial charge >= 0.3 is 0 Å². The van der Waals surface area contributed by atoms with E-state index in [-0.39, 0.29) is 22.5 Å². The Morgan fingerprint density at radius 3 is 2.38 bits per heavy atom. The van der Waals surface area contributed by atoms with Gasteiger partial charge in [0.25, 0.3) is 0 Å². The van der Waals surface area contributed by atoms with E-state index in [4.69, 9.17) is 30.5 Å². The highest BCUT2D eigenvalue weighted by molar-refractivity contribution is 7.92. The topological polar surface area (TPSA) is 133 Å². The van der Waals surface area contributed by atoms with Gasteiger partial charge in [-0.15, -0.1) is 0 Å². The number of nitrogens with one attached hydrogen (secondary N) is 3. The number of rotatable bonds is 8. The molecule has 0 saturated carbocycles. The zero-order valence-electron chi connectivity index (χ0n) is 18.5. The molecule has 13 heteroatoms. The molecular formula is C21H22ClN5O6S. The van der Waals surface area contributed by atoms with Crippen LogP contribution < -0.4 is 34.3 Å². The fourth-order valence-electron chi connectivity index (χ4n) is 3.14. The van der Waals surface area contributed by atoms with Crippen molar-refractivity contribution in [3.8, 4) is 23.0 Å². The molecule has 0 saturated heterocycles. The number of benzene rings is 2. The standard InChI is InChI=1S/C21H22ClN5O6S/c1-30-12-4-5-14(15(8-12)27-34(3,28)29)24-20-13(22)11-23-21(26-20)25-16-9-18-19(10-17(16)31-2)33-7-6-32-18/h4-5,8-11,27H,6-7H2,1-3H3,(H2,23,24,25,26). The SMILES string of the molecule is COc1ccc(Nc2nc(Nc3cc4c(cc3OC)OCCO4)ncc2Cl)c(NS(C)(=O)=O)c1. The second-order valence-corrected chi connectivity index (χ2v) is 9.28. The average molecular weight is 508 g/mol. The molecule has 0 amide bonds. The van der Waals surface area contributed by atoms with Gasteiger partial charge in [0.15, 0.2) is 17.3 Å². The maximum atomic E-state index is 11.8. The Balaban J connectivity index is 1.64. The van der Waals surface area contributed by atoms with Crippen LogP contribution in [0.15, 0.2) is 36.5 Å². The molecule has 1 aromatic heterocycles. The van der Waals surface area contributed by atoms with Gasteiger partial charge in [-0.2, -0.15) is 4.98 Å². The van der Waals surface area contributed by atoms with Crippen LogP contribution in [0.4, 0.5) is 28.8 Å². The third-order valence-electron chi connectivity index (χ3n) is 4.63. The van der Waals surface area contributed by atoms with Gasteiger partial charge in [0, 0.05) is 18.2 Å². The zero-order valence-corrected chi connectivity index (χ0v) is 20.1. The summed E-state index contributed by atoms with van der Waals surface area (Å²) in [6, 6.07) is 8.30. The summed E-state index contributed by atoms with van der Waals surface area (Å²) in [6.07, 6.45) is 2.47. The van der Waals surface area contributed by atoms with Crippen LogP contribution in [-0.2, 0) is 10.0 Å². The first-order valence-corrected chi connectivity index (χ1v) is 12.2.